The Labute approximate surface area is 223 Å². The van der Waals surface area contributed by atoms with E-state index in [0.29, 0.717) is 37.8 Å². The molecule has 1 aromatic carbocycles. The minimum atomic E-state index is -0.344. The Morgan fingerprint density at radius 1 is 1.05 bits per heavy atom. The summed E-state index contributed by atoms with van der Waals surface area (Å²) >= 11 is 0. The number of rotatable bonds is 9. The molecule has 10 heteroatoms. The van der Waals surface area contributed by atoms with Crippen molar-refractivity contribution in [3.63, 3.8) is 0 Å². The summed E-state index contributed by atoms with van der Waals surface area (Å²) in [5.74, 6) is 1.39. The molecule has 38 heavy (non-hydrogen) atoms. The number of hydrogen-bond donors (Lipinski definition) is 0. The zero-order valence-electron chi connectivity index (χ0n) is 22.7. The molecule has 3 heterocycles. The number of aromatic nitrogens is 4. The largest absolute Gasteiger partial charge is 0.466 e. The fourth-order valence-corrected chi connectivity index (χ4v) is 4.71. The van der Waals surface area contributed by atoms with Crippen LogP contribution in [0.4, 0.5) is 10.2 Å². The Kier molecular flexibility index (Phi) is 8.91. The number of nitrogens with zero attached hydrogens (tertiary/aromatic N) is 6. The molecule has 1 aliphatic heterocycles. The number of anilines is 1. The lowest BCUT2D eigenvalue weighted by atomic mass is 10.1. The minimum absolute atomic E-state index is 0.0364. The van der Waals surface area contributed by atoms with Crippen LogP contribution in [0.1, 0.15) is 58.0 Å². The number of carbonyl (C=O) groups is 2. The summed E-state index contributed by atoms with van der Waals surface area (Å²) in [6, 6.07) is 6.23. The predicted molar refractivity (Wildman–Crippen MR) is 144 cm³/mol. The Bertz CT molecular complexity index is 1270. The molecule has 9 nitrogen and oxygen atoms in total. The quantitative estimate of drug-likeness (QED) is 0.387. The van der Waals surface area contributed by atoms with Gasteiger partial charge in [0.15, 0.2) is 5.65 Å². The van der Waals surface area contributed by atoms with E-state index in [0.717, 1.165) is 54.2 Å². The smallest absolute Gasteiger partial charge is 0.306 e. The predicted octanol–water partition coefficient (Wildman–Crippen LogP) is 4.23. The number of amides is 1. The van der Waals surface area contributed by atoms with E-state index >= 15 is 0 Å². The van der Waals surface area contributed by atoms with E-state index in [1.165, 1.54) is 12.1 Å². The molecule has 0 atom stereocenters. The second kappa shape index (κ2) is 12.3. The van der Waals surface area contributed by atoms with Gasteiger partial charge in [-0.05, 0) is 56.9 Å². The van der Waals surface area contributed by atoms with Crippen LogP contribution in [-0.4, -0.2) is 69.3 Å². The lowest BCUT2D eigenvalue weighted by molar-refractivity contribution is -0.145. The van der Waals surface area contributed by atoms with Gasteiger partial charge in [0.1, 0.15) is 17.5 Å². The number of ether oxygens (including phenoxy) is 1. The Hall–Kier alpha value is -3.56. The van der Waals surface area contributed by atoms with E-state index in [1.54, 1.807) is 23.7 Å². The van der Waals surface area contributed by atoms with E-state index in [2.05, 4.69) is 18.7 Å². The van der Waals surface area contributed by atoms with Gasteiger partial charge in [0.05, 0.1) is 29.8 Å². The number of aryl methyl sites for hydroxylation is 2. The van der Waals surface area contributed by atoms with Gasteiger partial charge in [-0.3, -0.25) is 9.59 Å². The van der Waals surface area contributed by atoms with E-state index < -0.39 is 0 Å². The number of hydrogen-bond acceptors (Lipinski definition) is 7. The van der Waals surface area contributed by atoms with Crippen molar-refractivity contribution in [3.05, 3.63) is 41.6 Å². The Balaban J connectivity index is 1.63. The molecule has 0 N–H and O–H groups in total. The van der Waals surface area contributed by atoms with Crippen molar-refractivity contribution >= 4 is 28.7 Å². The third kappa shape index (κ3) is 6.46. The minimum Gasteiger partial charge on any atom is -0.466 e. The molecule has 1 aliphatic rings. The van der Waals surface area contributed by atoms with Gasteiger partial charge < -0.3 is 14.5 Å². The maximum atomic E-state index is 13.6. The van der Waals surface area contributed by atoms with Crippen LogP contribution in [0, 0.1) is 18.7 Å². The molecule has 1 fully saturated rings. The van der Waals surface area contributed by atoms with Crippen LogP contribution in [-0.2, 0) is 20.7 Å². The lowest BCUT2D eigenvalue weighted by Gasteiger charge is -2.24. The number of halogens is 1. The van der Waals surface area contributed by atoms with Crippen molar-refractivity contribution in [1.82, 2.24) is 24.6 Å². The highest BCUT2D eigenvalue weighted by molar-refractivity contribution is 5.91. The van der Waals surface area contributed by atoms with Gasteiger partial charge in [-0.25, -0.2) is 19.0 Å². The zero-order chi connectivity index (χ0) is 27.2. The highest BCUT2D eigenvalue weighted by Gasteiger charge is 2.25. The average molecular weight is 525 g/mol. The highest BCUT2D eigenvalue weighted by atomic mass is 19.1. The summed E-state index contributed by atoms with van der Waals surface area (Å²) in [6.45, 7) is 10.9. The molecule has 0 saturated carbocycles. The SMILES string of the molecule is CCOC(=O)CCC(=O)N1CCCN(c2nc(CCC(C)C)nc3c2c(C)nn3-c2ccc(F)cc2)CC1. The third-order valence-corrected chi connectivity index (χ3v) is 6.74. The van der Waals surface area contributed by atoms with Crippen molar-refractivity contribution in [2.24, 2.45) is 5.92 Å². The van der Waals surface area contributed by atoms with E-state index in [9.17, 15) is 14.0 Å². The van der Waals surface area contributed by atoms with E-state index in [1.807, 2.05) is 11.8 Å². The summed E-state index contributed by atoms with van der Waals surface area (Å²) in [5.41, 5.74) is 2.23. The summed E-state index contributed by atoms with van der Waals surface area (Å²) in [5, 5.41) is 5.63. The number of esters is 1. The molecule has 0 bridgehead atoms. The first-order chi connectivity index (χ1) is 18.3. The fraction of sp³-hybridized carbons (Fsp3) is 0.536. The molecular formula is C28H37FN6O3. The van der Waals surface area contributed by atoms with Gasteiger partial charge in [-0.15, -0.1) is 0 Å². The molecule has 0 spiro atoms. The fourth-order valence-electron chi connectivity index (χ4n) is 4.71. The average Bonchev–Trinajstić information content (AvgIpc) is 3.06. The molecule has 4 rings (SSSR count). The second-order valence-electron chi connectivity index (χ2n) is 10.1. The van der Waals surface area contributed by atoms with Gasteiger partial charge in [0.25, 0.3) is 0 Å². The van der Waals surface area contributed by atoms with Gasteiger partial charge >= 0.3 is 5.97 Å². The van der Waals surface area contributed by atoms with Gasteiger partial charge in [-0.1, -0.05) is 13.8 Å². The standard InChI is InChI=1S/C28H37FN6O3/c1-5-38-25(37)14-13-24(36)33-15-6-16-34(18-17-33)27-26-20(4)32-35(22-10-8-21(29)9-11-22)28(26)31-23(30-27)12-7-19(2)3/h8-11,19H,5-7,12-18H2,1-4H3. The summed E-state index contributed by atoms with van der Waals surface area (Å²) in [6.07, 6.45) is 2.72. The summed E-state index contributed by atoms with van der Waals surface area (Å²) in [4.78, 5) is 38.4. The molecule has 2 aromatic heterocycles. The van der Waals surface area contributed by atoms with E-state index in [-0.39, 0.29) is 30.5 Å². The molecule has 0 unspecified atom stereocenters. The molecule has 1 saturated heterocycles. The molecule has 0 aliphatic carbocycles. The van der Waals surface area contributed by atoms with Crippen molar-refractivity contribution < 1.29 is 18.7 Å². The molecule has 204 valence electrons. The first-order valence-electron chi connectivity index (χ1n) is 13.5. The van der Waals surface area contributed by atoms with Crippen LogP contribution in [0.5, 0.6) is 0 Å². The van der Waals surface area contributed by atoms with E-state index in [4.69, 9.17) is 19.8 Å². The van der Waals surface area contributed by atoms with Crippen LogP contribution in [0.15, 0.2) is 24.3 Å². The molecule has 3 aromatic rings. The molecular weight excluding hydrogens is 487 g/mol. The van der Waals surface area contributed by atoms with Crippen molar-refractivity contribution in [2.75, 3.05) is 37.7 Å². The number of carbonyl (C=O) groups excluding carboxylic acids is 2. The van der Waals surface area contributed by atoms with Gasteiger partial charge in [0, 0.05) is 39.0 Å². The topological polar surface area (TPSA) is 93.5 Å². The second-order valence-corrected chi connectivity index (χ2v) is 10.1. The van der Waals surface area contributed by atoms with Crippen LogP contribution in [0.2, 0.25) is 0 Å². The maximum Gasteiger partial charge on any atom is 0.306 e. The van der Waals surface area contributed by atoms with Crippen LogP contribution in [0.3, 0.4) is 0 Å². The van der Waals surface area contributed by atoms with Gasteiger partial charge in [-0.2, -0.15) is 5.10 Å². The van der Waals surface area contributed by atoms with Crippen molar-refractivity contribution in [1.29, 1.82) is 0 Å². The monoisotopic (exact) mass is 524 g/mol. The first kappa shape index (κ1) is 27.5. The highest BCUT2D eigenvalue weighted by Crippen LogP contribution is 2.30. The van der Waals surface area contributed by atoms with Crippen molar-refractivity contribution in [2.45, 2.75) is 59.8 Å². The lowest BCUT2D eigenvalue weighted by Crippen LogP contribution is -2.35. The number of fused-ring (bicyclic) bond motifs is 1. The van der Waals surface area contributed by atoms with Crippen LogP contribution in [0.25, 0.3) is 16.7 Å². The summed E-state index contributed by atoms with van der Waals surface area (Å²) < 4.78 is 20.3. The number of benzene rings is 1. The Morgan fingerprint density at radius 2 is 1.82 bits per heavy atom. The third-order valence-electron chi connectivity index (χ3n) is 6.74. The van der Waals surface area contributed by atoms with Crippen molar-refractivity contribution in [3.8, 4) is 5.69 Å². The maximum absolute atomic E-state index is 13.6. The van der Waals surface area contributed by atoms with Crippen LogP contribution < -0.4 is 4.90 Å². The molecule has 1 amide bonds. The normalized spacial score (nSPS) is 14.3. The Morgan fingerprint density at radius 3 is 2.53 bits per heavy atom. The zero-order valence-corrected chi connectivity index (χ0v) is 22.7. The summed E-state index contributed by atoms with van der Waals surface area (Å²) in [7, 11) is 0. The van der Waals surface area contributed by atoms with Crippen LogP contribution >= 0.6 is 0 Å². The molecule has 0 radical (unpaired) electrons. The first-order valence-corrected chi connectivity index (χ1v) is 13.5. The van der Waals surface area contributed by atoms with Gasteiger partial charge in [0.2, 0.25) is 5.91 Å².